The van der Waals surface area contributed by atoms with Gasteiger partial charge in [0.1, 0.15) is 11.4 Å². The maximum Gasteiger partial charge on any atom is 0.408 e. The van der Waals surface area contributed by atoms with Crippen molar-refractivity contribution < 1.29 is 19.2 Å². The molecule has 23 heavy (non-hydrogen) atoms. The molecule has 0 spiro atoms. The van der Waals surface area contributed by atoms with Crippen molar-refractivity contribution in [3.05, 3.63) is 33.9 Å². The highest BCUT2D eigenvalue weighted by Gasteiger charge is 2.15. The summed E-state index contributed by atoms with van der Waals surface area (Å²) in [5.74, 6) is 5.94. The Morgan fingerprint density at radius 2 is 2.09 bits per heavy atom. The van der Waals surface area contributed by atoms with E-state index in [0.29, 0.717) is 17.9 Å². The molecule has 124 valence electrons. The molecule has 0 aliphatic rings. The molecule has 7 heteroatoms. The number of nitrogens with one attached hydrogen (secondary N) is 1. The predicted molar refractivity (Wildman–Crippen MR) is 85.4 cm³/mol. The molecule has 1 N–H and O–H groups in total. The molecule has 0 atom stereocenters. The summed E-state index contributed by atoms with van der Waals surface area (Å²) >= 11 is 0. The SMILES string of the molecule is CCOc1ccc([N+](=O)[O-])cc1C#CCNC(=O)OC(C)(C)C. The molecule has 0 unspecified atom stereocenters. The minimum atomic E-state index is -0.584. The van der Waals surface area contributed by atoms with Gasteiger partial charge in [0.25, 0.3) is 5.69 Å². The molecule has 0 bridgehead atoms. The highest BCUT2D eigenvalue weighted by atomic mass is 16.6. The Kier molecular flexibility index (Phi) is 6.39. The fourth-order valence-corrected chi connectivity index (χ4v) is 1.58. The molecule has 1 aromatic carbocycles. The van der Waals surface area contributed by atoms with Crippen LogP contribution in [0.5, 0.6) is 5.75 Å². The number of hydrogen-bond acceptors (Lipinski definition) is 5. The number of rotatable bonds is 4. The largest absolute Gasteiger partial charge is 0.493 e. The molecule has 1 amide bonds. The van der Waals surface area contributed by atoms with Crippen LogP contribution in [0.3, 0.4) is 0 Å². The van der Waals surface area contributed by atoms with Gasteiger partial charge in [0.15, 0.2) is 0 Å². The van der Waals surface area contributed by atoms with Crippen LogP contribution >= 0.6 is 0 Å². The van der Waals surface area contributed by atoms with Gasteiger partial charge in [-0.25, -0.2) is 4.79 Å². The van der Waals surface area contributed by atoms with Crippen molar-refractivity contribution in [1.29, 1.82) is 0 Å². The average Bonchev–Trinajstić information content (AvgIpc) is 2.43. The van der Waals surface area contributed by atoms with E-state index in [1.54, 1.807) is 20.8 Å². The number of hydrogen-bond donors (Lipinski definition) is 1. The molecule has 0 radical (unpaired) electrons. The first-order valence-corrected chi connectivity index (χ1v) is 7.10. The summed E-state index contributed by atoms with van der Waals surface area (Å²) in [6, 6.07) is 4.20. The summed E-state index contributed by atoms with van der Waals surface area (Å²) in [6.45, 7) is 7.57. The first-order chi connectivity index (χ1) is 10.7. The van der Waals surface area contributed by atoms with Gasteiger partial charge in [0.05, 0.1) is 23.6 Å². The molecule has 1 rings (SSSR count). The van der Waals surface area contributed by atoms with Gasteiger partial charge >= 0.3 is 6.09 Å². The minimum Gasteiger partial charge on any atom is -0.493 e. The molecule has 0 saturated carbocycles. The number of amides is 1. The van der Waals surface area contributed by atoms with Crippen molar-refractivity contribution in [1.82, 2.24) is 5.32 Å². The third-order valence-corrected chi connectivity index (χ3v) is 2.42. The molecule has 1 aromatic rings. The number of nitrogens with zero attached hydrogens (tertiary/aromatic N) is 1. The second-order valence-corrected chi connectivity index (χ2v) is 5.53. The van der Waals surface area contributed by atoms with E-state index in [1.165, 1.54) is 18.2 Å². The number of alkyl carbamates (subject to hydrolysis) is 1. The monoisotopic (exact) mass is 320 g/mol. The summed E-state index contributed by atoms with van der Waals surface area (Å²) in [4.78, 5) is 21.8. The van der Waals surface area contributed by atoms with Gasteiger partial charge in [0, 0.05) is 12.1 Å². The van der Waals surface area contributed by atoms with Gasteiger partial charge in [-0.2, -0.15) is 0 Å². The van der Waals surface area contributed by atoms with Crippen LogP contribution in [-0.4, -0.2) is 29.8 Å². The van der Waals surface area contributed by atoms with Crippen molar-refractivity contribution in [2.24, 2.45) is 0 Å². The second-order valence-electron chi connectivity index (χ2n) is 5.53. The highest BCUT2D eigenvalue weighted by Crippen LogP contribution is 2.23. The highest BCUT2D eigenvalue weighted by molar-refractivity contribution is 5.68. The van der Waals surface area contributed by atoms with E-state index in [0.717, 1.165) is 0 Å². The van der Waals surface area contributed by atoms with Crippen LogP contribution < -0.4 is 10.1 Å². The van der Waals surface area contributed by atoms with Crippen LogP contribution in [0, 0.1) is 22.0 Å². The maximum atomic E-state index is 11.5. The van der Waals surface area contributed by atoms with E-state index >= 15 is 0 Å². The van der Waals surface area contributed by atoms with E-state index < -0.39 is 16.6 Å². The lowest BCUT2D eigenvalue weighted by molar-refractivity contribution is -0.384. The van der Waals surface area contributed by atoms with E-state index in [9.17, 15) is 14.9 Å². The van der Waals surface area contributed by atoms with E-state index in [2.05, 4.69) is 17.2 Å². The van der Waals surface area contributed by atoms with Crippen LogP contribution in [0.25, 0.3) is 0 Å². The summed E-state index contributed by atoms with van der Waals surface area (Å²) in [7, 11) is 0. The molecule has 0 heterocycles. The molecule has 0 aliphatic carbocycles. The number of carbonyl (C=O) groups excluding carboxylic acids is 1. The summed E-state index contributed by atoms with van der Waals surface area (Å²) in [5.41, 5.74) is -0.260. The van der Waals surface area contributed by atoms with Crippen LogP contribution in [0.4, 0.5) is 10.5 Å². The third-order valence-electron chi connectivity index (χ3n) is 2.42. The van der Waals surface area contributed by atoms with Crippen molar-refractivity contribution >= 4 is 11.8 Å². The lowest BCUT2D eigenvalue weighted by Crippen LogP contribution is -2.32. The lowest BCUT2D eigenvalue weighted by Gasteiger charge is -2.19. The zero-order valence-electron chi connectivity index (χ0n) is 13.6. The zero-order chi connectivity index (χ0) is 17.5. The van der Waals surface area contributed by atoms with Gasteiger partial charge in [-0.1, -0.05) is 11.8 Å². The number of nitro benzene ring substituents is 1. The summed E-state index contributed by atoms with van der Waals surface area (Å²) in [5, 5.41) is 13.3. The Hall–Kier alpha value is -2.75. The third kappa shape index (κ3) is 6.70. The van der Waals surface area contributed by atoms with Crippen LogP contribution in [-0.2, 0) is 4.74 Å². The summed E-state index contributed by atoms with van der Waals surface area (Å²) in [6.07, 6.45) is -0.573. The topological polar surface area (TPSA) is 90.7 Å². The first kappa shape index (κ1) is 18.3. The molecule has 7 nitrogen and oxygen atoms in total. The second kappa shape index (κ2) is 8.03. The average molecular weight is 320 g/mol. The van der Waals surface area contributed by atoms with Crippen molar-refractivity contribution in [3.8, 4) is 17.6 Å². The molecular weight excluding hydrogens is 300 g/mol. The van der Waals surface area contributed by atoms with Crippen LogP contribution in [0.1, 0.15) is 33.3 Å². The van der Waals surface area contributed by atoms with Crippen LogP contribution in [0.2, 0.25) is 0 Å². The van der Waals surface area contributed by atoms with Crippen molar-refractivity contribution in [2.75, 3.05) is 13.2 Å². The Morgan fingerprint density at radius 1 is 1.39 bits per heavy atom. The smallest absolute Gasteiger partial charge is 0.408 e. The maximum absolute atomic E-state index is 11.5. The van der Waals surface area contributed by atoms with Gasteiger partial charge in [-0.15, -0.1) is 0 Å². The van der Waals surface area contributed by atoms with Gasteiger partial charge in [-0.05, 0) is 33.8 Å². The molecule has 0 saturated heterocycles. The zero-order valence-corrected chi connectivity index (χ0v) is 13.6. The number of ether oxygens (including phenoxy) is 2. The minimum absolute atomic E-state index is 0.0587. The van der Waals surface area contributed by atoms with E-state index in [4.69, 9.17) is 9.47 Å². The predicted octanol–water partition coefficient (Wildman–Crippen LogP) is 2.87. The Balaban J connectivity index is 2.78. The Bertz CT molecular complexity index is 638. The van der Waals surface area contributed by atoms with Crippen molar-refractivity contribution in [2.45, 2.75) is 33.3 Å². The fourth-order valence-electron chi connectivity index (χ4n) is 1.58. The van der Waals surface area contributed by atoms with Gasteiger partial charge < -0.3 is 14.8 Å². The molecule has 0 aliphatic heterocycles. The number of non-ortho nitro benzene ring substituents is 1. The first-order valence-electron chi connectivity index (χ1n) is 7.10. The van der Waals surface area contributed by atoms with E-state index in [1.807, 2.05) is 6.92 Å². The number of carbonyl (C=O) groups is 1. The summed E-state index contributed by atoms with van der Waals surface area (Å²) < 4.78 is 10.4. The number of benzene rings is 1. The van der Waals surface area contributed by atoms with E-state index in [-0.39, 0.29) is 12.2 Å². The Labute approximate surface area is 135 Å². The standard InChI is InChI=1S/C16H20N2O5/c1-5-22-14-9-8-13(18(20)21)11-12(14)7-6-10-17-15(19)23-16(2,3)4/h8-9,11H,5,10H2,1-4H3,(H,17,19). The van der Waals surface area contributed by atoms with Gasteiger partial charge in [0.2, 0.25) is 0 Å². The molecule has 0 fully saturated rings. The quantitative estimate of drug-likeness (QED) is 0.523. The number of nitro groups is 1. The fraction of sp³-hybridized carbons (Fsp3) is 0.438. The van der Waals surface area contributed by atoms with Crippen LogP contribution in [0.15, 0.2) is 18.2 Å². The molecular formula is C16H20N2O5. The Morgan fingerprint density at radius 3 is 2.65 bits per heavy atom. The normalized spacial score (nSPS) is 10.3. The lowest BCUT2D eigenvalue weighted by atomic mass is 10.2. The van der Waals surface area contributed by atoms with Gasteiger partial charge in [-0.3, -0.25) is 10.1 Å². The molecule has 0 aromatic heterocycles. The van der Waals surface area contributed by atoms with Crippen molar-refractivity contribution in [3.63, 3.8) is 0 Å².